The predicted octanol–water partition coefficient (Wildman–Crippen LogP) is 2.80. The van der Waals surface area contributed by atoms with Crippen molar-refractivity contribution in [2.75, 3.05) is 12.4 Å². The van der Waals surface area contributed by atoms with Gasteiger partial charge in [-0.15, -0.1) is 11.6 Å². The summed E-state index contributed by atoms with van der Waals surface area (Å²) in [7, 11) is 0. The maximum Gasteiger partial charge on any atom is 0.223 e. The fourth-order valence-electron chi connectivity index (χ4n) is 2.13. The van der Waals surface area contributed by atoms with E-state index in [1.165, 1.54) is 32.1 Å². The zero-order valence-corrected chi connectivity index (χ0v) is 10.0. The number of hydrogen-bond donors (Lipinski definition) is 0. The van der Waals surface area contributed by atoms with E-state index >= 15 is 0 Å². The Morgan fingerprint density at radius 3 is 2.47 bits per heavy atom. The highest BCUT2D eigenvalue weighted by Crippen LogP contribution is 2.34. The molecular formula is C12H20ClNO. The minimum absolute atomic E-state index is 0.382. The molecule has 0 spiro atoms. The van der Waals surface area contributed by atoms with Crippen LogP contribution in [0, 0.1) is 5.92 Å². The topological polar surface area (TPSA) is 20.3 Å². The number of halogens is 1. The second-order valence-corrected chi connectivity index (χ2v) is 5.24. The first-order chi connectivity index (χ1) is 7.31. The van der Waals surface area contributed by atoms with E-state index in [1.54, 1.807) is 0 Å². The molecule has 2 fully saturated rings. The molecule has 0 heterocycles. The predicted molar refractivity (Wildman–Crippen MR) is 62.0 cm³/mol. The van der Waals surface area contributed by atoms with Crippen molar-refractivity contribution in [1.29, 1.82) is 0 Å². The number of amides is 1. The van der Waals surface area contributed by atoms with Crippen molar-refractivity contribution in [2.24, 2.45) is 5.92 Å². The Labute approximate surface area is 97.0 Å². The van der Waals surface area contributed by atoms with Gasteiger partial charge in [0.05, 0.1) is 0 Å². The van der Waals surface area contributed by atoms with Gasteiger partial charge >= 0.3 is 0 Å². The van der Waals surface area contributed by atoms with Gasteiger partial charge in [-0.25, -0.2) is 0 Å². The molecule has 0 atom stereocenters. The Morgan fingerprint density at radius 1 is 1.27 bits per heavy atom. The van der Waals surface area contributed by atoms with Gasteiger partial charge < -0.3 is 4.90 Å². The van der Waals surface area contributed by atoms with E-state index in [2.05, 4.69) is 4.90 Å². The van der Waals surface area contributed by atoms with E-state index < -0.39 is 0 Å². The Hall–Kier alpha value is -0.240. The Bertz CT molecular complexity index is 224. The third-order valence-electron chi connectivity index (χ3n) is 3.53. The van der Waals surface area contributed by atoms with Gasteiger partial charge in [-0.2, -0.15) is 0 Å². The normalized spacial score (nSPS) is 21.1. The second-order valence-electron chi connectivity index (χ2n) is 4.86. The summed E-state index contributed by atoms with van der Waals surface area (Å²) in [5.74, 6) is 1.75. The Balaban J connectivity index is 1.81. The SMILES string of the molecule is O=C(CC1CC1)N(CCCCl)C1CCC1. The van der Waals surface area contributed by atoms with E-state index in [0.29, 0.717) is 23.7 Å². The first-order valence-corrected chi connectivity index (χ1v) is 6.70. The van der Waals surface area contributed by atoms with Crippen LogP contribution in [0.25, 0.3) is 0 Å². The lowest BCUT2D eigenvalue weighted by atomic mass is 9.91. The number of hydrogen-bond acceptors (Lipinski definition) is 1. The summed E-state index contributed by atoms with van der Waals surface area (Å²) in [5.41, 5.74) is 0. The van der Waals surface area contributed by atoms with Crippen LogP contribution >= 0.6 is 11.6 Å². The summed E-state index contributed by atoms with van der Waals surface area (Å²) in [6.07, 6.45) is 7.96. The molecule has 2 aliphatic rings. The standard InChI is InChI=1S/C12H20ClNO/c13-7-2-8-14(11-3-1-4-11)12(15)9-10-5-6-10/h10-11H,1-9H2. The van der Waals surface area contributed by atoms with Crippen molar-refractivity contribution in [3.05, 3.63) is 0 Å². The molecule has 0 unspecified atom stereocenters. The van der Waals surface area contributed by atoms with E-state index in [9.17, 15) is 4.79 Å². The average Bonchev–Trinajstić information content (AvgIpc) is 2.92. The molecule has 2 nitrogen and oxygen atoms in total. The number of rotatable bonds is 6. The quantitative estimate of drug-likeness (QED) is 0.642. The van der Waals surface area contributed by atoms with Crippen LogP contribution in [0.1, 0.15) is 44.9 Å². The van der Waals surface area contributed by atoms with Gasteiger partial charge in [0, 0.05) is 24.9 Å². The number of carbonyl (C=O) groups is 1. The molecule has 0 aliphatic heterocycles. The highest BCUT2D eigenvalue weighted by Gasteiger charge is 2.32. The molecule has 3 heteroatoms. The summed E-state index contributed by atoms with van der Waals surface area (Å²) in [6.45, 7) is 0.875. The van der Waals surface area contributed by atoms with Crippen LogP contribution < -0.4 is 0 Å². The molecule has 2 saturated carbocycles. The lowest BCUT2D eigenvalue weighted by Gasteiger charge is -2.37. The molecule has 2 aliphatic carbocycles. The first-order valence-electron chi connectivity index (χ1n) is 6.16. The molecule has 0 aromatic heterocycles. The Kier molecular flexibility index (Phi) is 3.90. The summed E-state index contributed by atoms with van der Waals surface area (Å²) in [5, 5.41) is 0. The van der Waals surface area contributed by atoms with Gasteiger partial charge in [-0.3, -0.25) is 4.79 Å². The fraction of sp³-hybridized carbons (Fsp3) is 0.917. The molecule has 0 aromatic rings. The van der Waals surface area contributed by atoms with Crippen molar-refractivity contribution >= 4 is 17.5 Å². The number of nitrogens with zero attached hydrogens (tertiary/aromatic N) is 1. The summed E-state index contributed by atoms with van der Waals surface area (Å²) >= 11 is 5.70. The summed E-state index contributed by atoms with van der Waals surface area (Å²) in [4.78, 5) is 14.1. The molecule has 0 aromatic carbocycles. The molecule has 1 amide bonds. The third kappa shape index (κ3) is 3.10. The fourth-order valence-corrected chi connectivity index (χ4v) is 2.25. The van der Waals surface area contributed by atoms with Crippen molar-refractivity contribution in [3.8, 4) is 0 Å². The van der Waals surface area contributed by atoms with Gasteiger partial charge in [0.1, 0.15) is 0 Å². The van der Waals surface area contributed by atoms with Gasteiger partial charge in [-0.05, 0) is 44.4 Å². The number of alkyl halides is 1. The van der Waals surface area contributed by atoms with E-state index in [1.807, 2.05) is 0 Å². The molecule has 0 bridgehead atoms. The van der Waals surface area contributed by atoms with Crippen LogP contribution in [-0.4, -0.2) is 29.3 Å². The van der Waals surface area contributed by atoms with Crippen molar-refractivity contribution < 1.29 is 4.79 Å². The minimum atomic E-state index is 0.382. The lowest BCUT2D eigenvalue weighted by Crippen LogP contribution is -2.44. The van der Waals surface area contributed by atoms with Crippen molar-refractivity contribution in [2.45, 2.75) is 51.0 Å². The van der Waals surface area contributed by atoms with Crippen molar-refractivity contribution in [3.63, 3.8) is 0 Å². The summed E-state index contributed by atoms with van der Waals surface area (Å²) < 4.78 is 0. The van der Waals surface area contributed by atoms with E-state index in [4.69, 9.17) is 11.6 Å². The highest BCUT2D eigenvalue weighted by molar-refractivity contribution is 6.17. The van der Waals surface area contributed by atoms with Crippen LogP contribution in [0.5, 0.6) is 0 Å². The monoisotopic (exact) mass is 229 g/mol. The van der Waals surface area contributed by atoms with Gasteiger partial charge in [0.25, 0.3) is 0 Å². The maximum atomic E-state index is 12.0. The zero-order chi connectivity index (χ0) is 10.7. The van der Waals surface area contributed by atoms with Gasteiger partial charge in [0.2, 0.25) is 5.91 Å². The molecule has 0 N–H and O–H groups in total. The van der Waals surface area contributed by atoms with Gasteiger partial charge in [-0.1, -0.05) is 0 Å². The lowest BCUT2D eigenvalue weighted by molar-refractivity contribution is -0.135. The molecule has 0 radical (unpaired) electrons. The largest absolute Gasteiger partial charge is 0.340 e. The zero-order valence-electron chi connectivity index (χ0n) is 9.25. The van der Waals surface area contributed by atoms with Crippen LogP contribution in [0.3, 0.4) is 0 Å². The first kappa shape index (κ1) is 11.3. The second kappa shape index (κ2) is 5.20. The highest BCUT2D eigenvalue weighted by atomic mass is 35.5. The maximum absolute atomic E-state index is 12.0. The van der Waals surface area contributed by atoms with E-state index in [-0.39, 0.29) is 0 Å². The summed E-state index contributed by atoms with van der Waals surface area (Å²) in [6, 6.07) is 0.541. The Morgan fingerprint density at radius 2 is 2.00 bits per heavy atom. The van der Waals surface area contributed by atoms with Crippen LogP contribution in [-0.2, 0) is 4.79 Å². The molecular weight excluding hydrogens is 210 g/mol. The minimum Gasteiger partial charge on any atom is -0.340 e. The van der Waals surface area contributed by atoms with E-state index in [0.717, 1.165) is 19.4 Å². The van der Waals surface area contributed by atoms with Gasteiger partial charge in [0.15, 0.2) is 0 Å². The third-order valence-corrected chi connectivity index (χ3v) is 3.80. The molecule has 15 heavy (non-hydrogen) atoms. The smallest absolute Gasteiger partial charge is 0.223 e. The molecule has 2 rings (SSSR count). The average molecular weight is 230 g/mol. The van der Waals surface area contributed by atoms with Crippen LogP contribution in [0.2, 0.25) is 0 Å². The molecule has 0 saturated heterocycles. The molecule has 86 valence electrons. The van der Waals surface area contributed by atoms with Crippen LogP contribution in [0.4, 0.5) is 0 Å². The van der Waals surface area contributed by atoms with Crippen molar-refractivity contribution in [1.82, 2.24) is 4.90 Å². The number of carbonyl (C=O) groups excluding carboxylic acids is 1. The van der Waals surface area contributed by atoms with Crippen LogP contribution in [0.15, 0.2) is 0 Å².